The Balaban J connectivity index is 2.37. The maximum Gasteiger partial charge on any atom is 0.253 e. The van der Waals surface area contributed by atoms with Crippen LogP contribution in [0.5, 0.6) is 0 Å². The Hall–Kier alpha value is -1.60. The summed E-state index contributed by atoms with van der Waals surface area (Å²) in [6.07, 6.45) is 3.06. The SMILES string of the molecule is CCCc1c(Cl)ncnc1Sc1nc(N)cc(=O)[nH]1. The number of nitrogens with zero attached hydrogens (tertiary/aromatic N) is 3. The molecule has 19 heavy (non-hydrogen) atoms. The van der Waals surface area contributed by atoms with Crippen LogP contribution < -0.4 is 11.3 Å². The highest BCUT2D eigenvalue weighted by molar-refractivity contribution is 7.99. The lowest BCUT2D eigenvalue weighted by atomic mass is 10.2. The van der Waals surface area contributed by atoms with Crippen LogP contribution >= 0.6 is 23.4 Å². The van der Waals surface area contributed by atoms with Gasteiger partial charge in [-0.25, -0.2) is 15.0 Å². The number of halogens is 1. The molecule has 2 rings (SSSR count). The second-order valence-electron chi connectivity index (χ2n) is 3.78. The van der Waals surface area contributed by atoms with E-state index in [0.29, 0.717) is 15.3 Å². The van der Waals surface area contributed by atoms with E-state index < -0.39 is 0 Å². The summed E-state index contributed by atoms with van der Waals surface area (Å²) in [6.45, 7) is 2.04. The predicted molar refractivity (Wildman–Crippen MR) is 74.4 cm³/mol. The molecule has 0 bridgehead atoms. The van der Waals surface area contributed by atoms with E-state index in [1.54, 1.807) is 0 Å². The van der Waals surface area contributed by atoms with E-state index in [9.17, 15) is 4.79 Å². The van der Waals surface area contributed by atoms with Crippen LogP contribution in [0.15, 0.2) is 27.4 Å². The van der Waals surface area contributed by atoms with Gasteiger partial charge in [-0.3, -0.25) is 4.79 Å². The zero-order valence-electron chi connectivity index (χ0n) is 10.2. The van der Waals surface area contributed by atoms with Gasteiger partial charge < -0.3 is 10.7 Å². The Morgan fingerprint density at radius 3 is 2.95 bits per heavy atom. The minimum absolute atomic E-state index is 0.170. The molecule has 6 nitrogen and oxygen atoms in total. The third kappa shape index (κ3) is 3.45. The standard InChI is InChI=1S/C11H12ClN5OS/c1-2-3-6-9(12)14-5-15-10(6)19-11-16-7(13)4-8(18)17-11/h4-5H,2-3H2,1H3,(H3,13,16,17,18). The molecular weight excluding hydrogens is 286 g/mol. The first-order valence-corrected chi connectivity index (χ1v) is 6.83. The number of aromatic nitrogens is 4. The zero-order valence-corrected chi connectivity index (χ0v) is 11.8. The Kier molecular flexibility index (Phi) is 4.39. The molecule has 0 aromatic carbocycles. The van der Waals surface area contributed by atoms with Gasteiger partial charge in [-0.2, -0.15) is 0 Å². The fourth-order valence-corrected chi connectivity index (χ4v) is 2.71. The summed E-state index contributed by atoms with van der Waals surface area (Å²) in [4.78, 5) is 26.1. The molecular formula is C11H12ClN5OS. The molecule has 0 atom stereocenters. The summed E-state index contributed by atoms with van der Waals surface area (Å²) in [5, 5.41) is 1.48. The summed E-state index contributed by atoms with van der Waals surface area (Å²) in [5.74, 6) is 0.170. The lowest BCUT2D eigenvalue weighted by molar-refractivity contribution is 0.851. The van der Waals surface area contributed by atoms with Crippen LogP contribution in [0, 0.1) is 0 Å². The van der Waals surface area contributed by atoms with Crippen molar-refractivity contribution < 1.29 is 0 Å². The van der Waals surface area contributed by atoms with Crippen molar-refractivity contribution in [3.05, 3.63) is 33.5 Å². The molecule has 0 aliphatic carbocycles. The summed E-state index contributed by atoms with van der Waals surface area (Å²) >= 11 is 7.27. The van der Waals surface area contributed by atoms with E-state index in [0.717, 1.165) is 18.4 Å². The van der Waals surface area contributed by atoms with Crippen molar-refractivity contribution in [1.82, 2.24) is 19.9 Å². The summed E-state index contributed by atoms with van der Waals surface area (Å²) in [6, 6.07) is 1.23. The average molecular weight is 298 g/mol. The number of nitrogens with one attached hydrogen (secondary N) is 1. The highest BCUT2D eigenvalue weighted by Gasteiger charge is 2.12. The number of H-pyrrole nitrogens is 1. The molecule has 0 aliphatic heterocycles. The number of rotatable bonds is 4. The fourth-order valence-electron chi connectivity index (χ4n) is 1.52. The maximum atomic E-state index is 11.3. The van der Waals surface area contributed by atoms with Gasteiger partial charge in [0.2, 0.25) is 0 Å². The lowest BCUT2D eigenvalue weighted by Gasteiger charge is -2.07. The molecule has 0 spiro atoms. The zero-order chi connectivity index (χ0) is 13.8. The first-order chi connectivity index (χ1) is 9.10. The number of hydrogen-bond acceptors (Lipinski definition) is 6. The van der Waals surface area contributed by atoms with Crippen molar-refractivity contribution in [2.24, 2.45) is 0 Å². The van der Waals surface area contributed by atoms with E-state index in [1.165, 1.54) is 24.2 Å². The average Bonchev–Trinajstić information content (AvgIpc) is 2.32. The number of anilines is 1. The molecule has 3 N–H and O–H groups in total. The van der Waals surface area contributed by atoms with Gasteiger partial charge in [0.1, 0.15) is 22.3 Å². The lowest BCUT2D eigenvalue weighted by Crippen LogP contribution is -2.09. The normalized spacial score (nSPS) is 10.6. The van der Waals surface area contributed by atoms with Gasteiger partial charge in [0, 0.05) is 11.6 Å². The number of aromatic amines is 1. The van der Waals surface area contributed by atoms with Gasteiger partial charge >= 0.3 is 0 Å². The predicted octanol–water partition coefficient (Wildman–Crippen LogP) is 1.90. The van der Waals surface area contributed by atoms with Crippen molar-refractivity contribution in [2.45, 2.75) is 29.9 Å². The molecule has 8 heteroatoms. The Bertz CT molecular complexity index is 645. The van der Waals surface area contributed by atoms with Crippen LogP contribution in [0.25, 0.3) is 0 Å². The van der Waals surface area contributed by atoms with E-state index in [-0.39, 0.29) is 11.4 Å². The number of nitrogen functional groups attached to an aromatic ring is 1. The Labute approximate surface area is 118 Å². The van der Waals surface area contributed by atoms with Gasteiger partial charge in [0.15, 0.2) is 5.16 Å². The van der Waals surface area contributed by atoms with Crippen LogP contribution in [0.3, 0.4) is 0 Å². The molecule has 0 amide bonds. The van der Waals surface area contributed by atoms with E-state index >= 15 is 0 Å². The van der Waals surface area contributed by atoms with Crippen LogP contribution in [0.2, 0.25) is 5.15 Å². The molecule has 2 aromatic heterocycles. The number of hydrogen-bond donors (Lipinski definition) is 2. The topological polar surface area (TPSA) is 97.5 Å². The first kappa shape index (κ1) is 13.8. The van der Waals surface area contributed by atoms with Gasteiger partial charge in [0.25, 0.3) is 5.56 Å². The van der Waals surface area contributed by atoms with Crippen molar-refractivity contribution >= 4 is 29.2 Å². The first-order valence-electron chi connectivity index (χ1n) is 5.64. The van der Waals surface area contributed by atoms with Crippen LogP contribution in [-0.2, 0) is 6.42 Å². The van der Waals surface area contributed by atoms with Crippen molar-refractivity contribution in [3.8, 4) is 0 Å². The Morgan fingerprint density at radius 2 is 2.26 bits per heavy atom. The third-order valence-corrected chi connectivity index (χ3v) is 3.54. The quantitative estimate of drug-likeness (QED) is 0.661. The fraction of sp³-hybridized carbons (Fsp3) is 0.273. The molecule has 0 radical (unpaired) electrons. The highest BCUT2D eigenvalue weighted by Crippen LogP contribution is 2.29. The minimum atomic E-state index is -0.299. The molecule has 0 saturated carbocycles. The molecule has 0 aliphatic rings. The molecule has 0 saturated heterocycles. The van der Waals surface area contributed by atoms with Crippen LogP contribution in [-0.4, -0.2) is 19.9 Å². The summed E-state index contributed by atoms with van der Waals surface area (Å²) < 4.78 is 0. The largest absolute Gasteiger partial charge is 0.383 e. The van der Waals surface area contributed by atoms with Crippen LogP contribution in [0.4, 0.5) is 5.82 Å². The van der Waals surface area contributed by atoms with Gasteiger partial charge in [0.05, 0.1) is 0 Å². The van der Waals surface area contributed by atoms with Crippen LogP contribution in [0.1, 0.15) is 18.9 Å². The smallest absolute Gasteiger partial charge is 0.253 e. The minimum Gasteiger partial charge on any atom is -0.383 e. The number of nitrogens with two attached hydrogens (primary N) is 1. The monoisotopic (exact) mass is 297 g/mol. The molecule has 2 aromatic rings. The second kappa shape index (κ2) is 6.03. The van der Waals surface area contributed by atoms with E-state index in [4.69, 9.17) is 17.3 Å². The summed E-state index contributed by atoms with van der Waals surface area (Å²) in [7, 11) is 0. The van der Waals surface area contributed by atoms with E-state index in [1.807, 2.05) is 6.92 Å². The third-order valence-electron chi connectivity index (χ3n) is 2.29. The van der Waals surface area contributed by atoms with Crippen molar-refractivity contribution in [1.29, 1.82) is 0 Å². The van der Waals surface area contributed by atoms with Crippen molar-refractivity contribution in [2.75, 3.05) is 5.73 Å². The molecule has 0 fully saturated rings. The molecule has 100 valence electrons. The Morgan fingerprint density at radius 1 is 1.47 bits per heavy atom. The maximum absolute atomic E-state index is 11.3. The molecule has 2 heterocycles. The van der Waals surface area contributed by atoms with Gasteiger partial charge in [-0.1, -0.05) is 24.9 Å². The second-order valence-corrected chi connectivity index (χ2v) is 5.11. The van der Waals surface area contributed by atoms with E-state index in [2.05, 4.69) is 19.9 Å². The molecule has 0 unspecified atom stereocenters. The summed E-state index contributed by atoms with van der Waals surface area (Å²) in [5.41, 5.74) is 6.09. The van der Waals surface area contributed by atoms with Gasteiger partial charge in [-0.15, -0.1) is 0 Å². The van der Waals surface area contributed by atoms with Crippen molar-refractivity contribution in [3.63, 3.8) is 0 Å². The highest BCUT2D eigenvalue weighted by atomic mass is 35.5. The van der Waals surface area contributed by atoms with Gasteiger partial charge in [-0.05, 0) is 18.2 Å².